The Morgan fingerprint density at radius 3 is 2.52 bits per heavy atom. The van der Waals surface area contributed by atoms with Crippen molar-refractivity contribution in [3.63, 3.8) is 0 Å². The summed E-state index contributed by atoms with van der Waals surface area (Å²) in [6, 6.07) is 14.1. The van der Waals surface area contributed by atoms with Gasteiger partial charge in [0.2, 0.25) is 6.17 Å². The van der Waals surface area contributed by atoms with Gasteiger partial charge in [0.1, 0.15) is 11.4 Å². The Morgan fingerprint density at radius 2 is 1.85 bits per heavy atom. The summed E-state index contributed by atoms with van der Waals surface area (Å²) >= 11 is 0. The van der Waals surface area contributed by atoms with E-state index in [9.17, 15) is 14.7 Å². The van der Waals surface area contributed by atoms with E-state index in [0.717, 1.165) is 5.56 Å². The number of aliphatic imine (C=N–C) groups is 1. The van der Waals surface area contributed by atoms with Gasteiger partial charge in [-0.1, -0.05) is 42.5 Å². The third-order valence-electron chi connectivity index (χ3n) is 3.75. The van der Waals surface area contributed by atoms with Gasteiger partial charge in [-0.2, -0.15) is 0 Å². The van der Waals surface area contributed by atoms with Crippen LogP contribution in [0.25, 0.3) is 0 Å². The number of alkyl carbamates (subject to hydrolysis) is 1. The van der Waals surface area contributed by atoms with Gasteiger partial charge in [-0.25, -0.2) is 9.79 Å². The molecule has 0 saturated carbocycles. The fourth-order valence-corrected chi connectivity index (χ4v) is 2.66. The number of nitrogens with zero attached hydrogens (tertiary/aromatic N) is 1. The zero-order valence-electron chi connectivity index (χ0n) is 15.3. The van der Waals surface area contributed by atoms with Crippen LogP contribution in [0.3, 0.4) is 0 Å². The van der Waals surface area contributed by atoms with E-state index in [-0.39, 0.29) is 11.4 Å². The molecule has 1 aliphatic heterocycles. The molecule has 0 saturated heterocycles. The molecular weight excluding hydrogens is 346 g/mol. The minimum absolute atomic E-state index is 0.0811. The van der Waals surface area contributed by atoms with E-state index in [2.05, 4.69) is 15.6 Å². The highest BCUT2D eigenvalue weighted by Gasteiger charge is 2.29. The second-order valence-electron chi connectivity index (χ2n) is 7.08. The molecule has 140 valence electrons. The molecular formula is C20H21N3O4. The average Bonchev–Trinajstić information content (AvgIpc) is 2.72. The SMILES string of the molecule is CC(C)(C)OC(=O)NC1N=C(c2ccccc2)c2cccc(O)c2NC1=O. The highest BCUT2D eigenvalue weighted by Crippen LogP contribution is 2.31. The minimum atomic E-state index is -1.21. The number of phenols is 1. The van der Waals surface area contributed by atoms with Crippen LogP contribution in [0.4, 0.5) is 10.5 Å². The Kier molecular flexibility index (Phi) is 4.85. The standard InChI is InChI=1S/C20H21N3O4/c1-20(2,3)27-19(26)23-17-18(25)22-16-13(10-7-11-14(16)24)15(21-17)12-8-5-4-6-9-12/h4-11,17,24H,1-3H3,(H,22,25)(H,23,26). The molecule has 7 nitrogen and oxygen atoms in total. The second kappa shape index (κ2) is 7.11. The van der Waals surface area contributed by atoms with Gasteiger partial charge in [0.15, 0.2) is 0 Å². The van der Waals surface area contributed by atoms with Crippen molar-refractivity contribution in [1.82, 2.24) is 5.32 Å². The van der Waals surface area contributed by atoms with Crippen molar-refractivity contribution >= 4 is 23.4 Å². The molecule has 1 aliphatic rings. The lowest BCUT2D eigenvalue weighted by molar-refractivity contribution is -0.118. The monoisotopic (exact) mass is 367 g/mol. The fourth-order valence-electron chi connectivity index (χ4n) is 2.66. The third kappa shape index (κ3) is 4.25. The lowest BCUT2D eigenvalue weighted by Gasteiger charge is -2.21. The lowest BCUT2D eigenvalue weighted by atomic mass is 10.0. The Hall–Kier alpha value is -3.35. The Labute approximate surface area is 157 Å². The number of carbonyl (C=O) groups excluding carboxylic acids is 2. The number of hydrogen-bond acceptors (Lipinski definition) is 5. The molecule has 27 heavy (non-hydrogen) atoms. The largest absolute Gasteiger partial charge is 0.506 e. The van der Waals surface area contributed by atoms with E-state index in [1.54, 1.807) is 32.9 Å². The quantitative estimate of drug-likeness (QED) is 0.710. The zero-order chi connectivity index (χ0) is 19.6. The van der Waals surface area contributed by atoms with Crippen LogP contribution in [0.15, 0.2) is 53.5 Å². The maximum absolute atomic E-state index is 12.6. The summed E-state index contributed by atoms with van der Waals surface area (Å²) < 4.78 is 5.22. The number of carbonyl (C=O) groups is 2. The highest BCUT2D eigenvalue weighted by molar-refractivity contribution is 6.20. The van der Waals surface area contributed by atoms with Crippen molar-refractivity contribution in [1.29, 1.82) is 0 Å². The number of benzene rings is 2. The molecule has 2 aromatic carbocycles. The number of anilines is 1. The third-order valence-corrected chi connectivity index (χ3v) is 3.75. The van der Waals surface area contributed by atoms with Crippen LogP contribution in [-0.4, -0.2) is 34.6 Å². The van der Waals surface area contributed by atoms with Gasteiger partial charge in [-0.3, -0.25) is 10.1 Å². The van der Waals surface area contributed by atoms with Gasteiger partial charge in [-0.15, -0.1) is 0 Å². The van der Waals surface area contributed by atoms with E-state index in [4.69, 9.17) is 4.74 Å². The molecule has 0 bridgehead atoms. The minimum Gasteiger partial charge on any atom is -0.506 e. The molecule has 1 unspecified atom stereocenters. The van der Waals surface area contributed by atoms with Crippen LogP contribution in [0.2, 0.25) is 0 Å². The summed E-state index contributed by atoms with van der Waals surface area (Å²) in [5.41, 5.74) is 1.32. The Morgan fingerprint density at radius 1 is 1.15 bits per heavy atom. The van der Waals surface area contributed by atoms with Crippen LogP contribution in [0.1, 0.15) is 31.9 Å². The normalized spacial score (nSPS) is 16.5. The summed E-state index contributed by atoms with van der Waals surface area (Å²) in [6.45, 7) is 5.19. The number of fused-ring (bicyclic) bond motifs is 1. The summed E-state index contributed by atoms with van der Waals surface area (Å²) in [6.07, 6.45) is -1.96. The number of para-hydroxylation sites is 1. The van der Waals surface area contributed by atoms with Crippen molar-refractivity contribution in [2.45, 2.75) is 32.5 Å². The predicted molar refractivity (Wildman–Crippen MR) is 102 cm³/mol. The van der Waals surface area contributed by atoms with E-state index in [1.165, 1.54) is 6.07 Å². The van der Waals surface area contributed by atoms with Crippen molar-refractivity contribution in [2.24, 2.45) is 4.99 Å². The van der Waals surface area contributed by atoms with Crippen molar-refractivity contribution < 1.29 is 19.4 Å². The fraction of sp³-hybridized carbons (Fsp3) is 0.250. The molecule has 3 rings (SSSR count). The molecule has 0 spiro atoms. The van der Waals surface area contributed by atoms with Crippen LogP contribution >= 0.6 is 0 Å². The number of aromatic hydroxyl groups is 1. The number of rotatable bonds is 2. The Bertz CT molecular complexity index is 901. The van der Waals surface area contributed by atoms with Crippen LogP contribution < -0.4 is 10.6 Å². The van der Waals surface area contributed by atoms with Crippen LogP contribution in [-0.2, 0) is 9.53 Å². The number of nitrogens with one attached hydrogen (secondary N) is 2. The maximum Gasteiger partial charge on any atom is 0.409 e. The van der Waals surface area contributed by atoms with E-state index >= 15 is 0 Å². The first-order valence-corrected chi connectivity index (χ1v) is 8.50. The van der Waals surface area contributed by atoms with Gasteiger partial charge in [0.25, 0.3) is 5.91 Å². The van der Waals surface area contributed by atoms with Crippen LogP contribution in [0, 0.1) is 0 Å². The molecule has 0 aromatic heterocycles. The van der Waals surface area contributed by atoms with Crippen LogP contribution in [0.5, 0.6) is 5.75 Å². The molecule has 2 amide bonds. The number of ether oxygens (including phenoxy) is 1. The summed E-state index contributed by atoms with van der Waals surface area (Å²) in [5.74, 6) is -0.656. The summed E-state index contributed by atoms with van der Waals surface area (Å²) in [5, 5.41) is 15.3. The smallest absolute Gasteiger partial charge is 0.409 e. The number of benzodiazepines with no additional fused rings is 1. The predicted octanol–water partition coefficient (Wildman–Crippen LogP) is 3.03. The number of hydrogen-bond donors (Lipinski definition) is 3. The van der Waals surface area contributed by atoms with Crippen molar-refractivity contribution in [3.05, 3.63) is 59.7 Å². The van der Waals surface area contributed by atoms with Gasteiger partial charge in [-0.05, 0) is 26.8 Å². The number of amides is 2. The van der Waals surface area contributed by atoms with Gasteiger partial charge in [0.05, 0.1) is 11.4 Å². The summed E-state index contributed by atoms with van der Waals surface area (Å²) in [4.78, 5) is 29.2. The number of phenolic OH excluding ortho intramolecular Hbond substituents is 1. The van der Waals surface area contributed by atoms with Gasteiger partial charge < -0.3 is 15.2 Å². The zero-order valence-corrected chi connectivity index (χ0v) is 15.3. The van der Waals surface area contributed by atoms with E-state index in [0.29, 0.717) is 11.3 Å². The molecule has 7 heteroatoms. The Balaban J connectivity index is 2.04. The molecule has 0 aliphatic carbocycles. The molecule has 2 aromatic rings. The molecule has 1 atom stereocenters. The van der Waals surface area contributed by atoms with Crippen molar-refractivity contribution in [3.8, 4) is 5.75 Å². The maximum atomic E-state index is 12.6. The average molecular weight is 367 g/mol. The molecule has 0 fully saturated rings. The second-order valence-corrected chi connectivity index (χ2v) is 7.08. The first kappa shape index (κ1) is 18.4. The van der Waals surface area contributed by atoms with Gasteiger partial charge in [0, 0.05) is 11.1 Å². The van der Waals surface area contributed by atoms with Crippen molar-refractivity contribution in [2.75, 3.05) is 5.32 Å². The van der Waals surface area contributed by atoms with Gasteiger partial charge >= 0.3 is 6.09 Å². The first-order valence-electron chi connectivity index (χ1n) is 8.50. The molecule has 3 N–H and O–H groups in total. The topological polar surface area (TPSA) is 100 Å². The highest BCUT2D eigenvalue weighted by atomic mass is 16.6. The van der Waals surface area contributed by atoms with E-state index < -0.39 is 23.8 Å². The first-order chi connectivity index (χ1) is 12.7. The molecule has 1 heterocycles. The lowest BCUT2D eigenvalue weighted by Crippen LogP contribution is -2.44. The summed E-state index contributed by atoms with van der Waals surface area (Å²) in [7, 11) is 0. The van der Waals surface area contributed by atoms with E-state index in [1.807, 2.05) is 30.3 Å². The molecule has 0 radical (unpaired) electrons.